The van der Waals surface area contributed by atoms with Gasteiger partial charge < -0.3 is 4.90 Å². The lowest BCUT2D eigenvalue weighted by atomic mass is 9.84. The molecule has 0 amide bonds. The molecule has 0 spiro atoms. The Morgan fingerprint density at radius 3 is 3.12 bits per heavy atom. The van der Waals surface area contributed by atoms with Crippen LogP contribution in [0.15, 0.2) is 12.3 Å². The van der Waals surface area contributed by atoms with Crippen LogP contribution in [0.1, 0.15) is 37.4 Å². The molecular formula is C14H20N2. The van der Waals surface area contributed by atoms with Crippen LogP contribution in [0, 0.1) is 12.8 Å². The Kier molecular flexibility index (Phi) is 2.38. The number of aryl methyl sites for hydroxylation is 1. The molecule has 0 radical (unpaired) electrons. The van der Waals surface area contributed by atoms with E-state index in [-0.39, 0.29) is 0 Å². The number of aromatic nitrogens is 1. The van der Waals surface area contributed by atoms with E-state index in [2.05, 4.69) is 29.8 Å². The standard InChI is InChI=1S/C14H20N2/c1-10-7-14-12(15-9-10)8-11(2)13-5-3-4-6-16(13)14/h7,9,11,13H,3-6,8H2,1-2H3. The van der Waals surface area contributed by atoms with Gasteiger partial charge in [0, 0.05) is 18.8 Å². The molecule has 2 unspecified atom stereocenters. The number of hydrogen-bond donors (Lipinski definition) is 0. The maximum atomic E-state index is 4.62. The number of hydrogen-bond acceptors (Lipinski definition) is 2. The van der Waals surface area contributed by atoms with Crippen molar-refractivity contribution in [3.8, 4) is 0 Å². The Labute approximate surface area is 97.7 Å². The van der Waals surface area contributed by atoms with Crippen molar-refractivity contribution in [1.82, 2.24) is 4.98 Å². The lowest BCUT2D eigenvalue weighted by molar-refractivity contribution is 0.336. The van der Waals surface area contributed by atoms with Crippen LogP contribution in [0.4, 0.5) is 5.69 Å². The summed E-state index contributed by atoms with van der Waals surface area (Å²) in [6.45, 7) is 5.75. The topological polar surface area (TPSA) is 16.1 Å². The van der Waals surface area contributed by atoms with Crippen LogP contribution in [0.2, 0.25) is 0 Å². The zero-order valence-corrected chi connectivity index (χ0v) is 10.2. The summed E-state index contributed by atoms with van der Waals surface area (Å²) in [5.41, 5.74) is 4.02. The van der Waals surface area contributed by atoms with Crippen molar-refractivity contribution in [3.05, 3.63) is 23.5 Å². The summed E-state index contributed by atoms with van der Waals surface area (Å²) in [4.78, 5) is 7.24. The van der Waals surface area contributed by atoms with Crippen molar-refractivity contribution >= 4 is 5.69 Å². The van der Waals surface area contributed by atoms with Gasteiger partial charge >= 0.3 is 0 Å². The second-order valence-electron chi connectivity index (χ2n) is 5.42. The molecule has 1 aromatic rings. The van der Waals surface area contributed by atoms with Crippen LogP contribution in [-0.4, -0.2) is 17.6 Å². The SMILES string of the molecule is Cc1cnc2c(c1)N1CCCCC1C(C)C2. The van der Waals surface area contributed by atoms with Crippen molar-refractivity contribution in [3.63, 3.8) is 0 Å². The summed E-state index contributed by atoms with van der Waals surface area (Å²) < 4.78 is 0. The fourth-order valence-electron chi connectivity index (χ4n) is 3.28. The van der Waals surface area contributed by atoms with Crippen LogP contribution in [-0.2, 0) is 6.42 Å². The Balaban J connectivity index is 2.04. The van der Waals surface area contributed by atoms with Gasteiger partial charge in [0.05, 0.1) is 11.4 Å². The zero-order valence-electron chi connectivity index (χ0n) is 10.2. The van der Waals surface area contributed by atoms with Gasteiger partial charge in [-0.2, -0.15) is 0 Å². The van der Waals surface area contributed by atoms with Gasteiger partial charge in [-0.1, -0.05) is 6.92 Å². The minimum absolute atomic E-state index is 0.767. The first-order valence-electron chi connectivity index (χ1n) is 6.48. The molecule has 0 aliphatic carbocycles. The molecule has 86 valence electrons. The van der Waals surface area contributed by atoms with Gasteiger partial charge in [0.1, 0.15) is 0 Å². The fourth-order valence-corrected chi connectivity index (χ4v) is 3.28. The lowest BCUT2D eigenvalue weighted by Gasteiger charge is -2.45. The Morgan fingerprint density at radius 2 is 2.25 bits per heavy atom. The van der Waals surface area contributed by atoms with Crippen LogP contribution in [0.25, 0.3) is 0 Å². The van der Waals surface area contributed by atoms with Crippen molar-refractivity contribution in [2.45, 2.75) is 45.6 Å². The molecular weight excluding hydrogens is 196 g/mol. The summed E-state index contributed by atoms with van der Waals surface area (Å²) in [6, 6.07) is 3.09. The van der Waals surface area contributed by atoms with E-state index in [0.717, 1.165) is 18.4 Å². The highest BCUT2D eigenvalue weighted by molar-refractivity contribution is 5.55. The first-order chi connectivity index (χ1) is 7.75. The van der Waals surface area contributed by atoms with Gasteiger partial charge in [0.2, 0.25) is 0 Å². The van der Waals surface area contributed by atoms with Gasteiger partial charge in [0.15, 0.2) is 0 Å². The summed E-state index contributed by atoms with van der Waals surface area (Å²) >= 11 is 0. The van der Waals surface area contributed by atoms with Crippen molar-refractivity contribution in [1.29, 1.82) is 0 Å². The molecule has 3 heterocycles. The van der Waals surface area contributed by atoms with E-state index in [1.807, 2.05) is 6.20 Å². The van der Waals surface area contributed by atoms with E-state index in [1.54, 1.807) is 0 Å². The second-order valence-corrected chi connectivity index (χ2v) is 5.42. The maximum Gasteiger partial charge on any atom is 0.0640 e. The van der Waals surface area contributed by atoms with Crippen LogP contribution < -0.4 is 4.90 Å². The van der Waals surface area contributed by atoms with E-state index in [9.17, 15) is 0 Å². The Hall–Kier alpha value is -1.05. The van der Waals surface area contributed by atoms with Crippen molar-refractivity contribution in [2.24, 2.45) is 5.92 Å². The highest BCUT2D eigenvalue weighted by Gasteiger charge is 2.33. The molecule has 0 bridgehead atoms. The summed E-state index contributed by atoms with van der Waals surface area (Å²) in [6.07, 6.45) is 7.29. The first kappa shape index (κ1) is 10.1. The molecule has 2 aliphatic rings. The van der Waals surface area contributed by atoms with Gasteiger partial charge in [-0.25, -0.2) is 0 Å². The predicted octanol–water partition coefficient (Wildman–Crippen LogP) is 2.94. The average Bonchev–Trinajstić information content (AvgIpc) is 2.31. The number of nitrogens with zero attached hydrogens (tertiary/aromatic N) is 2. The summed E-state index contributed by atoms with van der Waals surface area (Å²) in [7, 11) is 0. The Bertz CT molecular complexity index is 400. The molecule has 2 nitrogen and oxygen atoms in total. The Morgan fingerprint density at radius 1 is 1.38 bits per heavy atom. The number of fused-ring (bicyclic) bond motifs is 3. The smallest absolute Gasteiger partial charge is 0.0640 e. The number of anilines is 1. The fraction of sp³-hybridized carbons (Fsp3) is 0.643. The van der Waals surface area contributed by atoms with Crippen molar-refractivity contribution < 1.29 is 0 Å². The molecule has 1 fully saturated rings. The molecule has 0 saturated carbocycles. The van der Waals surface area contributed by atoms with Crippen LogP contribution in [0.5, 0.6) is 0 Å². The quantitative estimate of drug-likeness (QED) is 0.663. The molecule has 16 heavy (non-hydrogen) atoms. The molecule has 1 aromatic heterocycles. The molecule has 3 rings (SSSR count). The zero-order chi connectivity index (χ0) is 11.1. The molecule has 0 N–H and O–H groups in total. The van der Waals surface area contributed by atoms with Gasteiger partial charge in [-0.05, 0) is 50.2 Å². The van der Waals surface area contributed by atoms with E-state index in [4.69, 9.17) is 0 Å². The van der Waals surface area contributed by atoms with E-state index < -0.39 is 0 Å². The second kappa shape index (κ2) is 3.76. The molecule has 0 aromatic carbocycles. The predicted molar refractivity (Wildman–Crippen MR) is 66.8 cm³/mol. The third-order valence-corrected chi connectivity index (χ3v) is 4.11. The minimum atomic E-state index is 0.767. The molecule has 2 heteroatoms. The van der Waals surface area contributed by atoms with Gasteiger partial charge in [-0.3, -0.25) is 4.98 Å². The first-order valence-corrected chi connectivity index (χ1v) is 6.48. The summed E-state index contributed by atoms with van der Waals surface area (Å²) in [5, 5.41) is 0. The number of rotatable bonds is 0. The lowest BCUT2D eigenvalue weighted by Crippen LogP contribution is -2.47. The summed E-state index contributed by atoms with van der Waals surface area (Å²) in [5.74, 6) is 0.767. The van der Waals surface area contributed by atoms with Crippen LogP contribution in [0.3, 0.4) is 0 Å². The third kappa shape index (κ3) is 1.51. The van der Waals surface area contributed by atoms with E-state index in [1.165, 1.54) is 42.8 Å². The largest absolute Gasteiger partial charge is 0.367 e. The highest BCUT2D eigenvalue weighted by Crippen LogP contribution is 2.37. The van der Waals surface area contributed by atoms with Gasteiger partial charge in [0.25, 0.3) is 0 Å². The molecule has 1 saturated heterocycles. The minimum Gasteiger partial charge on any atom is -0.367 e. The monoisotopic (exact) mass is 216 g/mol. The molecule has 2 atom stereocenters. The van der Waals surface area contributed by atoms with E-state index in [0.29, 0.717) is 0 Å². The number of piperidine rings is 1. The normalized spacial score (nSPS) is 28.5. The van der Waals surface area contributed by atoms with Crippen molar-refractivity contribution in [2.75, 3.05) is 11.4 Å². The maximum absolute atomic E-state index is 4.62. The van der Waals surface area contributed by atoms with Crippen LogP contribution >= 0.6 is 0 Å². The third-order valence-electron chi connectivity index (χ3n) is 4.11. The number of pyridine rings is 1. The van der Waals surface area contributed by atoms with Gasteiger partial charge in [-0.15, -0.1) is 0 Å². The average molecular weight is 216 g/mol. The van der Waals surface area contributed by atoms with E-state index >= 15 is 0 Å². The molecule has 2 aliphatic heterocycles. The highest BCUT2D eigenvalue weighted by atomic mass is 15.2.